The van der Waals surface area contributed by atoms with Gasteiger partial charge in [-0.25, -0.2) is 8.42 Å². The predicted octanol–water partition coefficient (Wildman–Crippen LogP) is 0.242. The van der Waals surface area contributed by atoms with Gasteiger partial charge in [-0.2, -0.15) is 0 Å². The smallest absolute Gasteiger partial charge is 0.224 e. The highest BCUT2D eigenvalue weighted by molar-refractivity contribution is 7.91. The van der Waals surface area contributed by atoms with Gasteiger partial charge in [-0.1, -0.05) is 30.3 Å². The van der Waals surface area contributed by atoms with Crippen molar-refractivity contribution in [1.82, 2.24) is 10.6 Å². The van der Waals surface area contributed by atoms with Crippen LogP contribution in [-0.4, -0.2) is 37.8 Å². The van der Waals surface area contributed by atoms with Gasteiger partial charge < -0.3 is 10.6 Å². The first-order valence-electron chi connectivity index (χ1n) is 7.77. The Morgan fingerprint density at radius 3 is 2.43 bits per heavy atom. The van der Waals surface area contributed by atoms with E-state index in [-0.39, 0.29) is 41.2 Å². The topological polar surface area (TPSA) is 92.3 Å². The molecule has 2 amide bonds. The molecule has 1 aliphatic carbocycles. The fourth-order valence-corrected chi connectivity index (χ4v) is 4.58. The monoisotopic (exact) mass is 336 g/mol. The summed E-state index contributed by atoms with van der Waals surface area (Å²) in [4.78, 5) is 24.1. The summed E-state index contributed by atoms with van der Waals surface area (Å²) in [6, 6.07) is 9.28. The first-order valence-corrected chi connectivity index (χ1v) is 9.59. The highest BCUT2D eigenvalue weighted by Gasteiger charge is 2.48. The van der Waals surface area contributed by atoms with E-state index < -0.39 is 9.84 Å². The van der Waals surface area contributed by atoms with Gasteiger partial charge in [-0.3, -0.25) is 9.59 Å². The Kier molecular flexibility index (Phi) is 4.39. The van der Waals surface area contributed by atoms with Crippen molar-refractivity contribution in [2.45, 2.75) is 25.4 Å². The van der Waals surface area contributed by atoms with Crippen molar-refractivity contribution in [2.75, 3.05) is 11.5 Å². The van der Waals surface area contributed by atoms with Crippen LogP contribution in [0.3, 0.4) is 0 Å². The molecule has 3 atom stereocenters. The van der Waals surface area contributed by atoms with Crippen molar-refractivity contribution < 1.29 is 18.0 Å². The van der Waals surface area contributed by atoms with Crippen LogP contribution in [0.4, 0.5) is 0 Å². The van der Waals surface area contributed by atoms with Crippen LogP contribution in [0, 0.1) is 11.8 Å². The zero-order valence-corrected chi connectivity index (χ0v) is 13.5. The molecule has 1 aromatic rings. The van der Waals surface area contributed by atoms with E-state index in [9.17, 15) is 18.0 Å². The van der Waals surface area contributed by atoms with Crippen LogP contribution in [-0.2, 0) is 26.0 Å². The number of carbonyl (C=O) groups excluding carboxylic acids is 2. The molecular formula is C16H20N2O4S. The molecule has 1 saturated heterocycles. The van der Waals surface area contributed by atoms with Crippen LogP contribution in [0.15, 0.2) is 30.3 Å². The minimum absolute atomic E-state index is 0.0102. The van der Waals surface area contributed by atoms with Gasteiger partial charge >= 0.3 is 0 Å². The number of carbonyl (C=O) groups is 2. The van der Waals surface area contributed by atoms with E-state index in [1.807, 2.05) is 30.3 Å². The molecule has 0 bridgehead atoms. The third-order valence-corrected chi connectivity index (χ3v) is 6.12. The third kappa shape index (κ3) is 4.10. The highest BCUT2D eigenvalue weighted by Crippen LogP contribution is 2.39. The summed E-state index contributed by atoms with van der Waals surface area (Å²) in [5.74, 6) is -0.800. The second-order valence-electron chi connectivity index (χ2n) is 6.26. The summed E-state index contributed by atoms with van der Waals surface area (Å²) < 4.78 is 22.8. The Balaban J connectivity index is 1.43. The molecule has 3 unspecified atom stereocenters. The van der Waals surface area contributed by atoms with Crippen LogP contribution in [0.1, 0.15) is 18.4 Å². The molecule has 1 aromatic carbocycles. The summed E-state index contributed by atoms with van der Waals surface area (Å²) in [5.41, 5.74) is 1.01. The van der Waals surface area contributed by atoms with Crippen molar-refractivity contribution in [1.29, 1.82) is 0 Å². The minimum Gasteiger partial charge on any atom is -0.352 e. The number of sulfone groups is 1. The van der Waals surface area contributed by atoms with E-state index >= 15 is 0 Å². The van der Waals surface area contributed by atoms with E-state index in [0.717, 1.165) is 5.56 Å². The molecule has 1 aliphatic heterocycles. The summed E-state index contributed by atoms with van der Waals surface area (Å²) >= 11 is 0. The van der Waals surface area contributed by atoms with Gasteiger partial charge in [0.25, 0.3) is 0 Å². The number of amides is 2. The Labute approximate surface area is 135 Å². The van der Waals surface area contributed by atoms with E-state index in [1.54, 1.807) is 0 Å². The van der Waals surface area contributed by atoms with Gasteiger partial charge in [-0.15, -0.1) is 0 Å². The molecule has 1 heterocycles. The van der Waals surface area contributed by atoms with E-state index in [1.165, 1.54) is 0 Å². The zero-order valence-electron chi connectivity index (χ0n) is 12.7. The number of nitrogens with one attached hydrogen (secondary N) is 2. The van der Waals surface area contributed by atoms with Crippen LogP contribution in [0.5, 0.6) is 0 Å². The van der Waals surface area contributed by atoms with E-state index in [4.69, 9.17) is 0 Å². The van der Waals surface area contributed by atoms with E-state index in [0.29, 0.717) is 19.4 Å². The standard InChI is InChI=1S/C16H20N2O4S/c19-15(17-9-11-4-2-1-3-5-11)13-8-14(13)16(20)18-12-6-7-23(21,22)10-12/h1-5,12-14H,6-10H2,(H,17,19)(H,18,20). The van der Waals surface area contributed by atoms with Gasteiger partial charge in [-0.05, 0) is 18.4 Å². The maximum atomic E-state index is 12.1. The molecule has 7 heteroatoms. The molecule has 0 spiro atoms. The van der Waals surface area contributed by atoms with Crippen LogP contribution >= 0.6 is 0 Å². The van der Waals surface area contributed by atoms with Gasteiger partial charge in [0.1, 0.15) is 0 Å². The molecule has 2 N–H and O–H groups in total. The average Bonchev–Trinajstić information content (AvgIpc) is 3.25. The van der Waals surface area contributed by atoms with Crippen LogP contribution < -0.4 is 10.6 Å². The summed E-state index contributed by atoms with van der Waals surface area (Å²) in [6.07, 6.45) is 0.998. The van der Waals surface area contributed by atoms with Crippen LogP contribution in [0.25, 0.3) is 0 Å². The van der Waals surface area contributed by atoms with Gasteiger partial charge in [0.05, 0.1) is 23.3 Å². The molecule has 6 nitrogen and oxygen atoms in total. The lowest BCUT2D eigenvalue weighted by molar-refractivity contribution is -0.127. The second kappa shape index (κ2) is 6.31. The molecule has 23 heavy (non-hydrogen) atoms. The average molecular weight is 336 g/mol. The Bertz CT molecular complexity index is 702. The number of hydrogen-bond acceptors (Lipinski definition) is 4. The Morgan fingerprint density at radius 1 is 1.09 bits per heavy atom. The van der Waals surface area contributed by atoms with Gasteiger partial charge in [0, 0.05) is 12.6 Å². The Morgan fingerprint density at radius 2 is 1.78 bits per heavy atom. The molecule has 2 fully saturated rings. The summed E-state index contributed by atoms with van der Waals surface area (Å²) in [7, 11) is -3.01. The highest BCUT2D eigenvalue weighted by atomic mass is 32.2. The fraction of sp³-hybridized carbons (Fsp3) is 0.500. The molecule has 1 saturated carbocycles. The summed E-state index contributed by atoms with van der Waals surface area (Å²) in [6.45, 7) is 0.450. The second-order valence-corrected chi connectivity index (χ2v) is 8.49. The van der Waals surface area contributed by atoms with Crippen LogP contribution in [0.2, 0.25) is 0 Å². The van der Waals surface area contributed by atoms with Crippen molar-refractivity contribution in [3.63, 3.8) is 0 Å². The van der Waals surface area contributed by atoms with Crippen molar-refractivity contribution in [3.8, 4) is 0 Å². The normalized spacial score (nSPS) is 28.1. The first kappa shape index (κ1) is 16.0. The zero-order chi connectivity index (χ0) is 16.4. The maximum absolute atomic E-state index is 12.1. The lowest BCUT2D eigenvalue weighted by Gasteiger charge is -2.10. The maximum Gasteiger partial charge on any atom is 0.224 e. The molecule has 124 valence electrons. The van der Waals surface area contributed by atoms with Crippen molar-refractivity contribution >= 4 is 21.7 Å². The quantitative estimate of drug-likeness (QED) is 0.806. The van der Waals surface area contributed by atoms with Crippen molar-refractivity contribution in [2.24, 2.45) is 11.8 Å². The lowest BCUT2D eigenvalue weighted by atomic mass is 10.2. The molecule has 3 rings (SSSR count). The largest absolute Gasteiger partial charge is 0.352 e. The number of rotatable bonds is 5. The molecule has 0 aromatic heterocycles. The Hall–Kier alpha value is -1.89. The number of hydrogen-bond donors (Lipinski definition) is 2. The fourth-order valence-electron chi connectivity index (χ4n) is 2.91. The predicted molar refractivity (Wildman–Crippen MR) is 85.1 cm³/mol. The third-order valence-electron chi connectivity index (χ3n) is 4.35. The molecular weight excluding hydrogens is 316 g/mol. The minimum atomic E-state index is -3.01. The van der Waals surface area contributed by atoms with Gasteiger partial charge in [0.15, 0.2) is 9.84 Å². The van der Waals surface area contributed by atoms with Crippen molar-refractivity contribution in [3.05, 3.63) is 35.9 Å². The molecule has 0 radical (unpaired) electrons. The molecule has 2 aliphatic rings. The SMILES string of the molecule is O=C(NCc1ccccc1)C1CC1C(=O)NC1CCS(=O)(=O)C1. The van der Waals surface area contributed by atoms with E-state index in [2.05, 4.69) is 10.6 Å². The van der Waals surface area contributed by atoms with Gasteiger partial charge in [0.2, 0.25) is 11.8 Å². The lowest BCUT2D eigenvalue weighted by Crippen LogP contribution is -2.37. The number of benzene rings is 1. The summed E-state index contributed by atoms with van der Waals surface area (Å²) in [5, 5.41) is 5.59. The first-order chi connectivity index (χ1) is 10.9.